The maximum Gasteiger partial charge on any atom is 0.236 e. The summed E-state index contributed by atoms with van der Waals surface area (Å²) in [6.07, 6.45) is 3.58. The van der Waals surface area contributed by atoms with Gasteiger partial charge in [-0.1, -0.05) is 17.7 Å². The highest BCUT2D eigenvalue weighted by Gasteiger charge is 2.24. The molecule has 174 valence electrons. The number of nitrogens with one attached hydrogen (secondary N) is 1. The molecule has 2 heterocycles. The van der Waals surface area contributed by atoms with E-state index in [-0.39, 0.29) is 36.0 Å². The van der Waals surface area contributed by atoms with Crippen LogP contribution >= 0.6 is 24.0 Å². The summed E-state index contributed by atoms with van der Waals surface area (Å²) >= 11 is 0. The number of hydrogen-bond donors (Lipinski definition) is 1. The van der Waals surface area contributed by atoms with E-state index < -0.39 is 0 Å². The molecular weight excluding hydrogens is 505 g/mol. The SMILES string of the molecule is CN=C(NCC(C)Oc1ccc(C)cc1)N1CCN(CC(=O)N2CCCCC2)CC1.I. The molecule has 0 spiro atoms. The van der Waals surface area contributed by atoms with E-state index in [1.807, 2.05) is 24.1 Å². The Labute approximate surface area is 204 Å². The Morgan fingerprint density at radius 3 is 2.29 bits per heavy atom. The smallest absolute Gasteiger partial charge is 0.236 e. The number of guanidine groups is 1. The van der Waals surface area contributed by atoms with Crippen LogP contribution in [0.25, 0.3) is 0 Å². The number of hydrogen-bond acceptors (Lipinski definition) is 4. The molecule has 3 rings (SSSR count). The summed E-state index contributed by atoms with van der Waals surface area (Å²) in [5.41, 5.74) is 1.23. The lowest BCUT2D eigenvalue weighted by Crippen LogP contribution is -2.55. The maximum atomic E-state index is 12.5. The van der Waals surface area contributed by atoms with E-state index in [0.717, 1.165) is 63.8 Å². The first kappa shape index (κ1) is 25.7. The van der Waals surface area contributed by atoms with Crippen LogP contribution in [0, 0.1) is 6.92 Å². The topological polar surface area (TPSA) is 60.4 Å². The molecule has 7 nitrogen and oxygen atoms in total. The van der Waals surface area contributed by atoms with Crippen molar-refractivity contribution < 1.29 is 9.53 Å². The van der Waals surface area contributed by atoms with Crippen molar-refractivity contribution in [2.24, 2.45) is 4.99 Å². The van der Waals surface area contributed by atoms with Gasteiger partial charge in [-0.3, -0.25) is 14.7 Å². The van der Waals surface area contributed by atoms with Crippen LogP contribution in [0.2, 0.25) is 0 Å². The molecule has 1 aromatic rings. The number of benzene rings is 1. The summed E-state index contributed by atoms with van der Waals surface area (Å²) in [5, 5.41) is 3.44. The standard InChI is InChI=1S/C23H37N5O2.HI/c1-19-7-9-21(10-8-19)30-20(2)17-25-23(24-3)28-15-13-26(14-16-28)18-22(29)27-11-5-4-6-12-27;/h7-10,20H,4-6,11-18H2,1-3H3,(H,24,25);1H. The highest BCUT2D eigenvalue weighted by Crippen LogP contribution is 2.13. The van der Waals surface area contributed by atoms with Gasteiger partial charge in [0.1, 0.15) is 11.9 Å². The van der Waals surface area contributed by atoms with Crippen molar-refractivity contribution in [2.45, 2.75) is 39.2 Å². The number of halogens is 1. The van der Waals surface area contributed by atoms with E-state index in [1.165, 1.54) is 12.0 Å². The largest absolute Gasteiger partial charge is 0.489 e. The Bertz CT molecular complexity index is 698. The third kappa shape index (κ3) is 8.14. The maximum absolute atomic E-state index is 12.5. The average Bonchev–Trinajstić information content (AvgIpc) is 2.77. The van der Waals surface area contributed by atoms with E-state index in [9.17, 15) is 4.79 Å². The zero-order chi connectivity index (χ0) is 21.3. The molecule has 2 aliphatic rings. The normalized spacial score (nSPS) is 18.9. The number of aliphatic imine (C=N–C) groups is 1. The highest BCUT2D eigenvalue weighted by molar-refractivity contribution is 14.0. The Hall–Kier alpha value is -1.55. The number of piperazine rings is 1. The van der Waals surface area contributed by atoms with E-state index in [0.29, 0.717) is 13.1 Å². The molecule has 2 aliphatic heterocycles. The van der Waals surface area contributed by atoms with Gasteiger partial charge in [-0.2, -0.15) is 0 Å². The second kappa shape index (κ2) is 13.1. The van der Waals surface area contributed by atoms with E-state index in [4.69, 9.17) is 4.74 Å². The van der Waals surface area contributed by atoms with Crippen LogP contribution in [0.5, 0.6) is 5.75 Å². The molecule has 0 aliphatic carbocycles. The second-order valence-corrected chi connectivity index (χ2v) is 8.37. The number of piperidine rings is 1. The van der Waals surface area contributed by atoms with Crippen LogP contribution in [0.4, 0.5) is 0 Å². The third-order valence-corrected chi connectivity index (χ3v) is 5.86. The van der Waals surface area contributed by atoms with Crippen LogP contribution in [-0.4, -0.2) is 92.1 Å². The lowest BCUT2D eigenvalue weighted by molar-refractivity contribution is -0.133. The molecule has 0 aromatic heterocycles. The summed E-state index contributed by atoms with van der Waals surface area (Å²) in [7, 11) is 1.82. The molecule has 1 aromatic carbocycles. The molecule has 31 heavy (non-hydrogen) atoms. The number of ether oxygens (including phenoxy) is 1. The van der Waals surface area contributed by atoms with Gasteiger partial charge >= 0.3 is 0 Å². The van der Waals surface area contributed by atoms with E-state index in [1.54, 1.807) is 0 Å². The van der Waals surface area contributed by atoms with Gasteiger partial charge in [-0.25, -0.2) is 0 Å². The van der Waals surface area contributed by atoms with Gasteiger partial charge in [-0.05, 0) is 45.2 Å². The zero-order valence-electron chi connectivity index (χ0n) is 19.2. The highest BCUT2D eigenvalue weighted by atomic mass is 127. The predicted molar refractivity (Wildman–Crippen MR) is 136 cm³/mol. The van der Waals surface area contributed by atoms with Gasteiger partial charge in [-0.15, -0.1) is 24.0 Å². The fourth-order valence-corrected chi connectivity index (χ4v) is 4.01. The van der Waals surface area contributed by atoms with Crippen LogP contribution in [0.1, 0.15) is 31.7 Å². The van der Waals surface area contributed by atoms with Gasteiger partial charge < -0.3 is 19.9 Å². The Balaban J connectivity index is 0.00000341. The van der Waals surface area contributed by atoms with Gasteiger partial charge in [0, 0.05) is 46.3 Å². The first-order valence-electron chi connectivity index (χ1n) is 11.2. The summed E-state index contributed by atoms with van der Waals surface area (Å²) < 4.78 is 5.98. The predicted octanol–water partition coefficient (Wildman–Crippen LogP) is 2.59. The summed E-state index contributed by atoms with van der Waals surface area (Å²) in [4.78, 5) is 23.5. The van der Waals surface area contributed by atoms with Gasteiger partial charge in [0.15, 0.2) is 5.96 Å². The Morgan fingerprint density at radius 2 is 1.68 bits per heavy atom. The van der Waals surface area contributed by atoms with Crippen molar-refractivity contribution in [2.75, 3.05) is 59.4 Å². The molecule has 2 fully saturated rings. The van der Waals surface area contributed by atoms with Crippen LogP contribution in [0.15, 0.2) is 29.3 Å². The van der Waals surface area contributed by atoms with Crippen molar-refractivity contribution in [1.82, 2.24) is 20.0 Å². The van der Waals surface area contributed by atoms with Crippen molar-refractivity contribution in [3.8, 4) is 5.75 Å². The molecule has 0 saturated carbocycles. The fraction of sp³-hybridized carbons (Fsp3) is 0.652. The number of amides is 1. The summed E-state index contributed by atoms with van der Waals surface area (Å²) in [6, 6.07) is 8.13. The molecule has 0 radical (unpaired) electrons. The molecule has 1 amide bonds. The average molecular weight is 543 g/mol. The van der Waals surface area contributed by atoms with E-state index >= 15 is 0 Å². The lowest BCUT2D eigenvalue weighted by Gasteiger charge is -2.37. The molecule has 1 N–H and O–H groups in total. The third-order valence-electron chi connectivity index (χ3n) is 5.86. The fourth-order valence-electron chi connectivity index (χ4n) is 4.01. The number of likely N-dealkylation sites (tertiary alicyclic amines) is 1. The second-order valence-electron chi connectivity index (χ2n) is 8.37. The minimum absolute atomic E-state index is 0. The lowest BCUT2D eigenvalue weighted by atomic mass is 10.1. The number of nitrogens with zero attached hydrogens (tertiary/aromatic N) is 4. The molecule has 8 heteroatoms. The Morgan fingerprint density at radius 1 is 1.03 bits per heavy atom. The van der Waals surface area contributed by atoms with Crippen LogP contribution < -0.4 is 10.1 Å². The first-order chi connectivity index (χ1) is 14.5. The number of aryl methyl sites for hydroxylation is 1. The number of rotatable bonds is 6. The van der Waals surface area contributed by atoms with E-state index in [2.05, 4.69) is 46.1 Å². The van der Waals surface area contributed by atoms with Crippen molar-refractivity contribution >= 4 is 35.8 Å². The quantitative estimate of drug-likeness (QED) is 0.340. The number of carbonyl (C=O) groups excluding carboxylic acids is 1. The van der Waals surface area contributed by atoms with Crippen molar-refractivity contribution in [3.63, 3.8) is 0 Å². The molecular formula is C23H38IN5O2. The molecule has 1 unspecified atom stereocenters. The van der Waals surface area contributed by atoms with Crippen LogP contribution in [-0.2, 0) is 4.79 Å². The monoisotopic (exact) mass is 543 g/mol. The van der Waals surface area contributed by atoms with Crippen LogP contribution in [0.3, 0.4) is 0 Å². The van der Waals surface area contributed by atoms with Crippen molar-refractivity contribution in [3.05, 3.63) is 29.8 Å². The Kier molecular flexibility index (Phi) is 10.9. The minimum Gasteiger partial charge on any atom is -0.489 e. The van der Waals surface area contributed by atoms with Gasteiger partial charge in [0.05, 0.1) is 13.1 Å². The van der Waals surface area contributed by atoms with Gasteiger partial charge in [0.25, 0.3) is 0 Å². The molecule has 2 saturated heterocycles. The first-order valence-corrected chi connectivity index (χ1v) is 11.2. The zero-order valence-corrected chi connectivity index (χ0v) is 21.5. The summed E-state index contributed by atoms with van der Waals surface area (Å²) in [6.45, 7) is 10.7. The molecule has 0 bridgehead atoms. The van der Waals surface area contributed by atoms with Crippen molar-refractivity contribution in [1.29, 1.82) is 0 Å². The summed E-state index contributed by atoms with van der Waals surface area (Å²) in [5.74, 6) is 2.07. The van der Waals surface area contributed by atoms with Gasteiger partial charge in [0.2, 0.25) is 5.91 Å². The minimum atomic E-state index is 0. The molecule has 1 atom stereocenters. The number of carbonyl (C=O) groups is 1.